The Morgan fingerprint density at radius 3 is 2.37 bits per heavy atom. The van der Waals surface area contributed by atoms with Crippen LogP contribution in [0, 0.1) is 0 Å². The quantitative estimate of drug-likeness (QED) is 0.544. The molecule has 0 amide bonds. The molecular weight excluding hydrogens is 442 g/mol. The average Bonchev–Trinajstić information content (AvgIpc) is 2.90. The summed E-state index contributed by atoms with van der Waals surface area (Å²) in [5, 5.41) is 15.0. The van der Waals surface area contributed by atoms with Crippen molar-refractivity contribution in [3.8, 4) is 11.5 Å². The second-order valence-corrected chi connectivity index (χ2v) is 9.07. The summed E-state index contributed by atoms with van der Waals surface area (Å²) in [5.74, 6) is 1.75. The van der Waals surface area contributed by atoms with Crippen LogP contribution in [0.5, 0.6) is 11.5 Å². The minimum atomic E-state index is -0.581. The van der Waals surface area contributed by atoms with Gasteiger partial charge < -0.3 is 24.3 Å². The summed E-state index contributed by atoms with van der Waals surface area (Å²) >= 11 is 0. The number of β-amino-alcohol motifs (C(OH)–C–C–N with tert-alkyl or cyclic N) is 1. The Morgan fingerprint density at radius 2 is 1.60 bits per heavy atom. The van der Waals surface area contributed by atoms with Gasteiger partial charge in [0.2, 0.25) is 0 Å². The third-order valence-electron chi connectivity index (χ3n) is 6.66. The normalized spacial score (nSPS) is 20.1. The number of piperazine rings is 1. The fourth-order valence-corrected chi connectivity index (χ4v) is 4.76. The van der Waals surface area contributed by atoms with Crippen LogP contribution < -0.4 is 14.4 Å². The Balaban J connectivity index is 1.27. The van der Waals surface area contributed by atoms with Crippen LogP contribution in [-0.2, 0) is 4.84 Å². The molecule has 2 aromatic carbocycles. The number of rotatable bonds is 9. The van der Waals surface area contributed by atoms with E-state index in [-0.39, 0.29) is 6.61 Å². The molecule has 1 aliphatic carbocycles. The molecule has 7 nitrogen and oxygen atoms in total. The van der Waals surface area contributed by atoms with Crippen molar-refractivity contribution < 1.29 is 19.4 Å². The molecule has 0 spiro atoms. The van der Waals surface area contributed by atoms with Gasteiger partial charge >= 0.3 is 0 Å². The van der Waals surface area contributed by atoms with Crippen LogP contribution in [0.1, 0.15) is 31.2 Å². The summed E-state index contributed by atoms with van der Waals surface area (Å²) in [5.41, 5.74) is 4.33. The molecule has 7 heteroatoms. The number of aliphatic hydroxyl groups is 1. The van der Waals surface area contributed by atoms with Gasteiger partial charge in [0.05, 0.1) is 25.6 Å². The van der Waals surface area contributed by atoms with Crippen molar-refractivity contribution in [2.75, 3.05) is 58.5 Å². The summed E-state index contributed by atoms with van der Waals surface area (Å²) in [6, 6.07) is 16.1. The van der Waals surface area contributed by atoms with Crippen molar-refractivity contribution in [1.29, 1.82) is 0 Å². The minimum absolute atomic E-state index is 0.193. The van der Waals surface area contributed by atoms with Crippen molar-refractivity contribution in [3.63, 3.8) is 0 Å². The van der Waals surface area contributed by atoms with E-state index in [4.69, 9.17) is 14.3 Å². The van der Waals surface area contributed by atoms with E-state index in [0.717, 1.165) is 80.3 Å². The van der Waals surface area contributed by atoms with Gasteiger partial charge in [0.1, 0.15) is 24.2 Å². The van der Waals surface area contributed by atoms with Crippen LogP contribution in [0.3, 0.4) is 0 Å². The number of hydrogen-bond donors (Lipinski definition) is 1. The van der Waals surface area contributed by atoms with Crippen LogP contribution in [0.4, 0.5) is 5.69 Å². The Labute approximate surface area is 208 Å². The summed E-state index contributed by atoms with van der Waals surface area (Å²) in [7, 11) is 3.40. The number of aliphatic hydroxyl groups excluding tert-OH is 1. The zero-order valence-corrected chi connectivity index (χ0v) is 20.9. The molecule has 1 heterocycles. The maximum absolute atomic E-state index is 10.6. The Bertz CT molecular complexity index is 1010. The van der Waals surface area contributed by atoms with E-state index in [1.54, 1.807) is 14.2 Å². The topological polar surface area (TPSA) is 66.8 Å². The molecule has 1 saturated heterocycles. The van der Waals surface area contributed by atoms with Crippen molar-refractivity contribution >= 4 is 17.5 Å². The first-order valence-electron chi connectivity index (χ1n) is 12.5. The maximum atomic E-state index is 10.6. The van der Waals surface area contributed by atoms with Crippen molar-refractivity contribution in [1.82, 2.24) is 4.90 Å². The zero-order valence-electron chi connectivity index (χ0n) is 20.9. The molecule has 1 unspecified atom stereocenters. The number of allylic oxidation sites excluding steroid dienone is 1. The number of anilines is 1. The number of benzene rings is 2. The summed E-state index contributed by atoms with van der Waals surface area (Å²) in [6.45, 7) is 4.33. The smallest absolute Gasteiger partial charge is 0.144 e. The summed E-state index contributed by atoms with van der Waals surface area (Å²) in [4.78, 5) is 10.2. The molecule has 0 bridgehead atoms. The lowest BCUT2D eigenvalue weighted by Gasteiger charge is -2.37. The van der Waals surface area contributed by atoms with Gasteiger partial charge in [-0.2, -0.15) is 0 Å². The largest absolute Gasteiger partial charge is 0.496 e. The third kappa shape index (κ3) is 6.77. The molecule has 2 aromatic rings. The lowest BCUT2D eigenvalue weighted by molar-refractivity contribution is 0.0179. The third-order valence-corrected chi connectivity index (χ3v) is 6.66. The van der Waals surface area contributed by atoms with E-state index in [0.29, 0.717) is 6.54 Å². The maximum Gasteiger partial charge on any atom is 0.144 e. The molecule has 1 aliphatic heterocycles. The molecule has 1 saturated carbocycles. The zero-order chi connectivity index (χ0) is 24.5. The standard InChI is InChI=1S/C28H37N3O4/c1-33-27-13-7-4-10-23(27)19-22-9-3-5-11-25(22)29-35-21-24(32)20-30-15-17-31(18-16-30)26-12-6-8-14-28(26)34-2/h4,6-8,10,12-14,19,24,32H,3,5,9,11,15-18,20-21H2,1-2H3. The number of para-hydroxylation sites is 3. The lowest BCUT2D eigenvalue weighted by Crippen LogP contribution is -2.49. The van der Waals surface area contributed by atoms with Gasteiger partial charge in [0.15, 0.2) is 0 Å². The van der Waals surface area contributed by atoms with Gasteiger partial charge in [-0.1, -0.05) is 35.5 Å². The summed E-state index contributed by atoms with van der Waals surface area (Å²) < 4.78 is 11.0. The minimum Gasteiger partial charge on any atom is -0.496 e. The van der Waals surface area contributed by atoms with E-state index in [2.05, 4.69) is 33.2 Å². The van der Waals surface area contributed by atoms with E-state index in [9.17, 15) is 5.11 Å². The molecule has 35 heavy (non-hydrogen) atoms. The Kier molecular flexibility index (Phi) is 9.03. The van der Waals surface area contributed by atoms with E-state index in [1.165, 1.54) is 5.57 Å². The number of methoxy groups -OCH3 is 2. The molecule has 2 aliphatic rings. The molecule has 0 radical (unpaired) electrons. The molecule has 1 atom stereocenters. The van der Waals surface area contributed by atoms with Crippen molar-refractivity contribution in [3.05, 3.63) is 59.7 Å². The highest BCUT2D eigenvalue weighted by Gasteiger charge is 2.22. The Hall–Kier alpha value is -3.03. The molecular formula is C28H37N3O4. The molecule has 4 rings (SSSR count). The van der Waals surface area contributed by atoms with Crippen LogP contribution in [0.15, 0.2) is 59.3 Å². The summed E-state index contributed by atoms with van der Waals surface area (Å²) in [6.07, 6.45) is 5.68. The first kappa shape index (κ1) is 25.1. The van der Waals surface area contributed by atoms with Crippen LogP contribution >= 0.6 is 0 Å². The van der Waals surface area contributed by atoms with Crippen LogP contribution in [-0.4, -0.2) is 75.4 Å². The number of oxime groups is 1. The monoisotopic (exact) mass is 479 g/mol. The highest BCUT2D eigenvalue weighted by molar-refractivity contribution is 6.04. The average molecular weight is 480 g/mol. The van der Waals surface area contributed by atoms with Gasteiger partial charge in [-0.05, 0) is 55.5 Å². The highest BCUT2D eigenvalue weighted by Crippen LogP contribution is 2.29. The number of ether oxygens (including phenoxy) is 2. The first-order chi connectivity index (χ1) is 17.2. The van der Waals surface area contributed by atoms with Crippen molar-refractivity contribution in [2.45, 2.75) is 31.8 Å². The van der Waals surface area contributed by atoms with Crippen LogP contribution in [0.25, 0.3) is 6.08 Å². The van der Waals surface area contributed by atoms with E-state index >= 15 is 0 Å². The van der Waals surface area contributed by atoms with Gasteiger partial charge in [0, 0.05) is 38.3 Å². The molecule has 1 N–H and O–H groups in total. The van der Waals surface area contributed by atoms with E-state index < -0.39 is 6.10 Å². The predicted octanol–water partition coefficient (Wildman–Crippen LogP) is 4.22. The molecule has 188 valence electrons. The van der Waals surface area contributed by atoms with Crippen LogP contribution in [0.2, 0.25) is 0 Å². The lowest BCUT2D eigenvalue weighted by atomic mass is 9.91. The van der Waals surface area contributed by atoms with Gasteiger partial charge in [0.25, 0.3) is 0 Å². The molecule has 0 aromatic heterocycles. The van der Waals surface area contributed by atoms with E-state index in [1.807, 2.05) is 36.4 Å². The van der Waals surface area contributed by atoms with Gasteiger partial charge in [-0.3, -0.25) is 4.90 Å². The van der Waals surface area contributed by atoms with Crippen molar-refractivity contribution in [2.24, 2.45) is 5.16 Å². The second kappa shape index (κ2) is 12.6. The second-order valence-electron chi connectivity index (χ2n) is 9.07. The fraction of sp³-hybridized carbons (Fsp3) is 0.464. The Morgan fingerprint density at radius 1 is 0.914 bits per heavy atom. The van der Waals surface area contributed by atoms with Gasteiger partial charge in [-0.15, -0.1) is 0 Å². The first-order valence-corrected chi connectivity index (χ1v) is 12.5. The SMILES string of the molecule is COc1ccccc1C=C1CCCCC1=NOCC(O)CN1CCN(c2ccccc2OC)CC1. The highest BCUT2D eigenvalue weighted by atomic mass is 16.6. The predicted molar refractivity (Wildman–Crippen MR) is 140 cm³/mol. The number of nitrogens with zero attached hydrogens (tertiary/aromatic N) is 3. The molecule has 2 fully saturated rings. The number of hydrogen-bond acceptors (Lipinski definition) is 7. The fourth-order valence-electron chi connectivity index (χ4n) is 4.76. The van der Waals surface area contributed by atoms with Gasteiger partial charge in [-0.25, -0.2) is 0 Å².